The number of halogens is 1. The number of hydrogen-bond donors (Lipinski definition) is 1. The quantitative estimate of drug-likeness (QED) is 0.749. The summed E-state index contributed by atoms with van der Waals surface area (Å²) < 4.78 is 0. The number of hydrogen-bond acceptors (Lipinski definition) is 2. The minimum absolute atomic E-state index is 0.682. The van der Waals surface area contributed by atoms with E-state index < -0.39 is 0 Å². The number of rotatable bonds is 3. The molecular formula is C8H11ClN2. The van der Waals surface area contributed by atoms with Gasteiger partial charge < -0.3 is 5.73 Å². The number of pyridine rings is 1. The SMILES string of the molecule is NCCCc1ccc(Cl)cn1. The lowest BCUT2D eigenvalue weighted by Gasteiger charge is -1.97. The van der Waals surface area contributed by atoms with Crippen LogP contribution in [0.1, 0.15) is 12.1 Å². The number of nitrogens with zero attached hydrogens (tertiary/aromatic N) is 1. The van der Waals surface area contributed by atoms with E-state index in [1.807, 2.05) is 12.1 Å². The van der Waals surface area contributed by atoms with E-state index in [1.54, 1.807) is 6.20 Å². The van der Waals surface area contributed by atoms with Crippen LogP contribution in [0.15, 0.2) is 18.3 Å². The Morgan fingerprint density at radius 1 is 1.45 bits per heavy atom. The van der Waals surface area contributed by atoms with Crippen molar-refractivity contribution in [2.75, 3.05) is 6.54 Å². The normalized spacial score (nSPS) is 10.0. The van der Waals surface area contributed by atoms with Gasteiger partial charge in [-0.3, -0.25) is 4.98 Å². The molecule has 0 bridgehead atoms. The first-order valence-electron chi connectivity index (χ1n) is 3.63. The van der Waals surface area contributed by atoms with Crippen LogP contribution in [0.3, 0.4) is 0 Å². The number of aryl methyl sites for hydroxylation is 1. The molecule has 0 saturated carbocycles. The standard InChI is InChI=1S/C8H11ClN2/c9-7-3-4-8(11-6-7)2-1-5-10/h3-4,6H,1-2,5,10H2. The molecule has 1 aromatic heterocycles. The molecule has 1 aromatic rings. The van der Waals surface area contributed by atoms with E-state index in [0.29, 0.717) is 11.6 Å². The van der Waals surface area contributed by atoms with Gasteiger partial charge in [0, 0.05) is 11.9 Å². The van der Waals surface area contributed by atoms with E-state index in [2.05, 4.69) is 4.98 Å². The van der Waals surface area contributed by atoms with Crippen LogP contribution in [0.5, 0.6) is 0 Å². The van der Waals surface area contributed by atoms with Gasteiger partial charge in [0.15, 0.2) is 0 Å². The van der Waals surface area contributed by atoms with E-state index in [1.165, 1.54) is 0 Å². The van der Waals surface area contributed by atoms with Gasteiger partial charge in [-0.2, -0.15) is 0 Å². The molecule has 0 radical (unpaired) electrons. The molecule has 1 rings (SSSR count). The molecule has 0 atom stereocenters. The third kappa shape index (κ3) is 2.87. The molecule has 2 N–H and O–H groups in total. The largest absolute Gasteiger partial charge is 0.330 e. The second-order valence-corrected chi connectivity index (χ2v) is 2.80. The molecule has 0 spiro atoms. The molecule has 1 heterocycles. The van der Waals surface area contributed by atoms with Crippen molar-refractivity contribution in [3.05, 3.63) is 29.0 Å². The van der Waals surface area contributed by atoms with Crippen molar-refractivity contribution in [3.63, 3.8) is 0 Å². The molecule has 11 heavy (non-hydrogen) atoms. The van der Waals surface area contributed by atoms with E-state index in [9.17, 15) is 0 Å². The topological polar surface area (TPSA) is 38.9 Å². The first kappa shape index (κ1) is 8.50. The van der Waals surface area contributed by atoms with Crippen LogP contribution in [0, 0.1) is 0 Å². The van der Waals surface area contributed by atoms with Gasteiger partial charge in [-0.25, -0.2) is 0 Å². The van der Waals surface area contributed by atoms with Gasteiger partial charge in [0.25, 0.3) is 0 Å². The molecule has 0 aliphatic carbocycles. The second-order valence-electron chi connectivity index (χ2n) is 2.36. The highest BCUT2D eigenvalue weighted by atomic mass is 35.5. The zero-order valence-corrected chi connectivity index (χ0v) is 7.01. The van der Waals surface area contributed by atoms with Crippen molar-refractivity contribution in [1.29, 1.82) is 0 Å². The molecule has 0 fully saturated rings. The van der Waals surface area contributed by atoms with Gasteiger partial charge in [-0.1, -0.05) is 11.6 Å². The molecule has 0 unspecified atom stereocenters. The average Bonchev–Trinajstić information content (AvgIpc) is 2.04. The van der Waals surface area contributed by atoms with Crippen LogP contribution in [-0.2, 0) is 6.42 Å². The monoisotopic (exact) mass is 170 g/mol. The van der Waals surface area contributed by atoms with E-state index in [4.69, 9.17) is 17.3 Å². The zero-order valence-electron chi connectivity index (χ0n) is 6.26. The summed E-state index contributed by atoms with van der Waals surface area (Å²) in [4.78, 5) is 4.13. The summed E-state index contributed by atoms with van der Waals surface area (Å²) in [5.74, 6) is 0. The maximum absolute atomic E-state index is 5.66. The predicted octanol–water partition coefficient (Wildman–Crippen LogP) is 1.63. The summed E-state index contributed by atoms with van der Waals surface area (Å²) in [5, 5.41) is 0.682. The van der Waals surface area contributed by atoms with E-state index in [-0.39, 0.29) is 0 Å². The van der Waals surface area contributed by atoms with Crippen molar-refractivity contribution in [1.82, 2.24) is 4.98 Å². The van der Waals surface area contributed by atoms with Crippen molar-refractivity contribution < 1.29 is 0 Å². The van der Waals surface area contributed by atoms with Crippen molar-refractivity contribution >= 4 is 11.6 Å². The molecule has 0 aromatic carbocycles. The average molecular weight is 171 g/mol. The highest BCUT2D eigenvalue weighted by molar-refractivity contribution is 6.30. The summed E-state index contributed by atoms with van der Waals surface area (Å²) >= 11 is 5.66. The zero-order chi connectivity index (χ0) is 8.10. The van der Waals surface area contributed by atoms with Gasteiger partial charge in [0.1, 0.15) is 0 Å². The Balaban J connectivity index is 2.52. The van der Waals surface area contributed by atoms with Gasteiger partial charge in [0.05, 0.1) is 5.02 Å². The van der Waals surface area contributed by atoms with Crippen molar-refractivity contribution in [2.24, 2.45) is 5.73 Å². The third-order valence-electron chi connectivity index (χ3n) is 1.43. The molecule has 0 amide bonds. The molecule has 0 aliphatic heterocycles. The van der Waals surface area contributed by atoms with Crippen LogP contribution >= 0.6 is 11.6 Å². The Morgan fingerprint density at radius 2 is 2.27 bits per heavy atom. The first-order chi connectivity index (χ1) is 5.33. The van der Waals surface area contributed by atoms with Gasteiger partial charge in [-0.05, 0) is 31.5 Å². The van der Waals surface area contributed by atoms with Crippen LogP contribution in [-0.4, -0.2) is 11.5 Å². The lowest BCUT2D eigenvalue weighted by atomic mass is 10.2. The van der Waals surface area contributed by atoms with Crippen molar-refractivity contribution in [3.8, 4) is 0 Å². The summed E-state index contributed by atoms with van der Waals surface area (Å²) in [7, 11) is 0. The summed E-state index contributed by atoms with van der Waals surface area (Å²) in [6.45, 7) is 0.713. The van der Waals surface area contributed by atoms with Gasteiger partial charge in [0.2, 0.25) is 0 Å². The third-order valence-corrected chi connectivity index (χ3v) is 1.65. The molecule has 2 nitrogen and oxygen atoms in total. The van der Waals surface area contributed by atoms with Crippen LogP contribution in [0.4, 0.5) is 0 Å². The van der Waals surface area contributed by atoms with E-state index in [0.717, 1.165) is 18.5 Å². The van der Waals surface area contributed by atoms with Crippen LogP contribution in [0.25, 0.3) is 0 Å². The minimum Gasteiger partial charge on any atom is -0.330 e. The Morgan fingerprint density at radius 3 is 2.82 bits per heavy atom. The highest BCUT2D eigenvalue weighted by Gasteiger charge is 1.92. The fourth-order valence-corrected chi connectivity index (χ4v) is 0.949. The highest BCUT2D eigenvalue weighted by Crippen LogP contribution is 2.06. The lowest BCUT2D eigenvalue weighted by molar-refractivity contribution is 0.810. The number of aromatic nitrogens is 1. The maximum Gasteiger partial charge on any atom is 0.0589 e. The Kier molecular flexibility index (Phi) is 3.33. The first-order valence-corrected chi connectivity index (χ1v) is 4.01. The summed E-state index contributed by atoms with van der Waals surface area (Å²) in [6, 6.07) is 3.78. The smallest absolute Gasteiger partial charge is 0.0589 e. The molecule has 60 valence electrons. The van der Waals surface area contributed by atoms with Crippen LogP contribution in [0.2, 0.25) is 5.02 Å². The predicted molar refractivity (Wildman–Crippen MR) is 46.6 cm³/mol. The summed E-state index contributed by atoms with van der Waals surface area (Å²) in [5.41, 5.74) is 6.41. The van der Waals surface area contributed by atoms with Gasteiger partial charge in [-0.15, -0.1) is 0 Å². The summed E-state index contributed by atoms with van der Waals surface area (Å²) in [6.07, 6.45) is 3.58. The molecule has 0 saturated heterocycles. The second kappa shape index (κ2) is 4.31. The fraction of sp³-hybridized carbons (Fsp3) is 0.375. The van der Waals surface area contributed by atoms with E-state index >= 15 is 0 Å². The Hall–Kier alpha value is -0.600. The molecule has 3 heteroatoms. The Labute approximate surface area is 71.4 Å². The lowest BCUT2D eigenvalue weighted by Crippen LogP contribution is -2.01. The fourth-order valence-electron chi connectivity index (χ4n) is 0.838. The Bertz CT molecular complexity index is 208. The van der Waals surface area contributed by atoms with Gasteiger partial charge >= 0.3 is 0 Å². The van der Waals surface area contributed by atoms with Crippen molar-refractivity contribution in [2.45, 2.75) is 12.8 Å². The molecular weight excluding hydrogens is 160 g/mol. The number of nitrogens with two attached hydrogens (primary N) is 1. The minimum atomic E-state index is 0.682. The molecule has 0 aliphatic rings. The van der Waals surface area contributed by atoms with Crippen LogP contribution < -0.4 is 5.73 Å². The maximum atomic E-state index is 5.66.